The lowest BCUT2D eigenvalue weighted by atomic mass is 10.2. The van der Waals surface area contributed by atoms with Crippen LogP contribution in [-0.2, 0) is 9.59 Å². The summed E-state index contributed by atoms with van der Waals surface area (Å²) in [4.78, 5) is 34.4. The van der Waals surface area contributed by atoms with Crippen molar-refractivity contribution in [3.8, 4) is 11.5 Å². The molecule has 0 radical (unpaired) electrons. The molecule has 0 aliphatic carbocycles. The van der Waals surface area contributed by atoms with Crippen LogP contribution in [0.3, 0.4) is 0 Å². The quantitative estimate of drug-likeness (QED) is 0.245. The van der Waals surface area contributed by atoms with Gasteiger partial charge in [0.1, 0.15) is 16.5 Å². The van der Waals surface area contributed by atoms with E-state index in [0.29, 0.717) is 59.6 Å². The van der Waals surface area contributed by atoms with E-state index in [1.165, 1.54) is 27.3 Å². The Labute approximate surface area is 226 Å². The van der Waals surface area contributed by atoms with Crippen LogP contribution in [0.2, 0.25) is 5.02 Å². The van der Waals surface area contributed by atoms with Gasteiger partial charge in [0.15, 0.2) is 5.82 Å². The van der Waals surface area contributed by atoms with Gasteiger partial charge in [-0.3, -0.25) is 9.59 Å². The molecule has 0 atom stereocenters. The number of nitrogens with two attached hydrogens (primary N) is 1. The Morgan fingerprint density at radius 2 is 1.87 bits per heavy atom. The number of halogens is 1. The van der Waals surface area contributed by atoms with Gasteiger partial charge in [-0.15, -0.1) is 0 Å². The van der Waals surface area contributed by atoms with Gasteiger partial charge in [-0.1, -0.05) is 18.2 Å². The van der Waals surface area contributed by atoms with Crippen molar-refractivity contribution in [3.63, 3.8) is 0 Å². The molecule has 0 spiro atoms. The maximum absolute atomic E-state index is 12.1. The number of rotatable bonds is 12. The minimum atomic E-state index is -0.389. The van der Waals surface area contributed by atoms with Crippen molar-refractivity contribution in [2.24, 2.45) is 5.73 Å². The van der Waals surface area contributed by atoms with Crippen LogP contribution in [0, 0.1) is 0 Å². The number of hydrogen-bond donors (Lipinski definition) is 4. The molecule has 0 saturated carbocycles. The zero-order valence-electron chi connectivity index (χ0n) is 21.4. The summed E-state index contributed by atoms with van der Waals surface area (Å²) >= 11 is 6.36. The van der Waals surface area contributed by atoms with Crippen molar-refractivity contribution in [2.45, 2.75) is 13.3 Å². The van der Waals surface area contributed by atoms with E-state index in [2.05, 4.69) is 32.5 Å². The number of anilines is 6. The molecule has 0 saturated heterocycles. The first kappa shape index (κ1) is 28.2. The van der Waals surface area contributed by atoms with Gasteiger partial charge in [0, 0.05) is 31.3 Å². The standard InChI is InChI=1S/C26H30ClN7O4/c1-5-24(36)30-22-14-18(37-3)8-10-20(22)31-25-19(27)15-29-26(33-25)32-21-9-7-17(13-23(21)38-4)34(16(2)35)12-6-11-28/h5,7-10,13-15H,1,6,11-12,28H2,2-4H3,(H,30,36)(H2,29,31,32,33). The third kappa shape index (κ3) is 7.11. The molecular weight excluding hydrogens is 510 g/mol. The molecule has 5 N–H and O–H groups in total. The number of ether oxygens (including phenoxy) is 2. The number of carbonyl (C=O) groups excluding carboxylic acids is 2. The smallest absolute Gasteiger partial charge is 0.247 e. The molecule has 0 aliphatic rings. The van der Waals surface area contributed by atoms with E-state index in [9.17, 15) is 9.59 Å². The first-order valence-electron chi connectivity index (χ1n) is 11.6. The van der Waals surface area contributed by atoms with E-state index in [4.69, 9.17) is 26.8 Å². The topological polar surface area (TPSA) is 144 Å². The lowest BCUT2D eigenvalue weighted by molar-refractivity contribution is -0.116. The molecule has 2 amide bonds. The fraction of sp³-hybridized carbons (Fsp3) is 0.231. The Hall–Kier alpha value is -4.35. The minimum Gasteiger partial charge on any atom is -0.497 e. The normalized spacial score (nSPS) is 10.3. The lowest BCUT2D eigenvalue weighted by Gasteiger charge is -2.22. The number of aromatic nitrogens is 2. The van der Waals surface area contributed by atoms with Crippen LogP contribution in [0.1, 0.15) is 13.3 Å². The van der Waals surface area contributed by atoms with Crippen molar-refractivity contribution in [3.05, 3.63) is 60.3 Å². The SMILES string of the molecule is C=CC(=O)Nc1cc(OC)ccc1Nc1nc(Nc2ccc(N(CCCN)C(C)=O)cc2OC)ncc1Cl. The third-order valence-electron chi connectivity index (χ3n) is 5.38. The Balaban J connectivity index is 1.88. The van der Waals surface area contributed by atoms with Crippen LogP contribution in [0.4, 0.5) is 34.5 Å². The molecule has 12 heteroatoms. The van der Waals surface area contributed by atoms with E-state index in [1.807, 2.05) is 0 Å². The summed E-state index contributed by atoms with van der Waals surface area (Å²) in [6, 6.07) is 10.4. The predicted molar refractivity (Wildman–Crippen MR) is 150 cm³/mol. The highest BCUT2D eigenvalue weighted by Crippen LogP contribution is 2.34. The zero-order chi connectivity index (χ0) is 27.7. The maximum atomic E-state index is 12.1. The molecule has 3 rings (SSSR count). The highest BCUT2D eigenvalue weighted by atomic mass is 35.5. The summed E-state index contributed by atoms with van der Waals surface area (Å²) in [7, 11) is 3.06. The number of nitrogens with one attached hydrogen (secondary N) is 3. The second-order valence-electron chi connectivity index (χ2n) is 7.94. The maximum Gasteiger partial charge on any atom is 0.247 e. The second-order valence-corrected chi connectivity index (χ2v) is 8.35. The van der Waals surface area contributed by atoms with Crippen LogP contribution < -0.4 is 36.1 Å². The van der Waals surface area contributed by atoms with Gasteiger partial charge in [-0.25, -0.2) is 4.98 Å². The highest BCUT2D eigenvalue weighted by Gasteiger charge is 2.16. The summed E-state index contributed by atoms with van der Waals surface area (Å²) in [6.07, 6.45) is 3.27. The van der Waals surface area contributed by atoms with Crippen LogP contribution in [-0.4, -0.2) is 49.1 Å². The average molecular weight is 540 g/mol. The van der Waals surface area contributed by atoms with E-state index in [1.54, 1.807) is 41.3 Å². The Morgan fingerprint density at radius 3 is 2.53 bits per heavy atom. The van der Waals surface area contributed by atoms with Crippen molar-refractivity contribution in [1.82, 2.24) is 9.97 Å². The van der Waals surface area contributed by atoms with Gasteiger partial charge in [-0.2, -0.15) is 4.98 Å². The summed E-state index contributed by atoms with van der Waals surface area (Å²) < 4.78 is 10.8. The van der Waals surface area contributed by atoms with Gasteiger partial charge < -0.3 is 36.1 Å². The predicted octanol–water partition coefficient (Wildman–Crippen LogP) is 4.46. The fourth-order valence-electron chi connectivity index (χ4n) is 3.48. The van der Waals surface area contributed by atoms with E-state index < -0.39 is 0 Å². The van der Waals surface area contributed by atoms with Gasteiger partial charge in [0.25, 0.3) is 0 Å². The molecule has 11 nitrogen and oxygen atoms in total. The molecule has 2 aromatic carbocycles. The van der Waals surface area contributed by atoms with Crippen LogP contribution in [0.15, 0.2) is 55.3 Å². The third-order valence-corrected chi connectivity index (χ3v) is 5.65. The number of amides is 2. The summed E-state index contributed by atoms with van der Waals surface area (Å²) in [5.74, 6) is 1.08. The first-order valence-corrected chi connectivity index (χ1v) is 12.0. The molecule has 1 heterocycles. The van der Waals surface area contributed by atoms with Gasteiger partial charge >= 0.3 is 0 Å². The number of nitrogens with zero attached hydrogens (tertiary/aromatic N) is 3. The lowest BCUT2D eigenvalue weighted by Crippen LogP contribution is -2.30. The largest absolute Gasteiger partial charge is 0.497 e. The summed E-state index contributed by atoms with van der Waals surface area (Å²) in [6.45, 7) is 5.96. The Morgan fingerprint density at radius 1 is 1.11 bits per heavy atom. The molecule has 38 heavy (non-hydrogen) atoms. The minimum absolute atomic E-state index is 0.0971. The van der Waals surface area contributed by atoms with E-state index in [0.717, 1.165) is 6.08 Å². The van der Waals surface area contributed by atoms with Crippen molar-refractivity contribution >= 4 is 57.9 Å². The fourth-order valence-corrected chi connectivity index (χ4v) is 3.62. The van der Waals surface area contributed by atoms with Crippen molar-refractivity contribution in [2.75, 3.05) is 48.2 Å². The molecule has 0 fully saturated rings. The molecule has 0 unspecified atom stereocenters. The Kier molecular flexibility index (Phi) is 9.85. The summed E-state index contributed by atoms with van der Waals surface area (Å²) in [5, 5.41) is 9.22. The number of hydrogen-bond acceptors (Lipinski definition) is 9. The number of benzene rings is 2. The van der Waals surface area contributed by atoms with Gasteiger partial charge in [0.05, 0.1) is 37.5 Å². The summed E-state index contributed by atoms with van der Waals surface area (Å²) in [5.41, 5.74) is 7.84. The van der Waals surface area contributed by atoms with Crippen LogP contribution >= 0.6 is 11.6 Å². The molecule has 0 aliphatic heterocycles. The number of methoxy groups -OCH3 is 2. The molecule has 3 aromatic rings. The average Bonchev–Trinajstić information content (AvgIpc) is 2.91. The van der Waals surface area contributed by atoms with E-state index >= 15 is 0 Å². The Bertz CT molecular complexity index is 1320. The van der Waals surface area contributed by atoms with E-state index in [-0.39, 0.29) is 22.8 Å². The first-order chi connectivity index (χ1) is 18.3. The van der Waals surface area contributed by atoms with Gasteiger partial charge in [-0.05, 0) is 43.3 Å². The number of carbonyl (C=O) groups is 2. The molecular formula is C26H30ClN7O4. The molecule has 0 bridgehead atoms. The van der Waals surface area contributed by atoms with Gasteiger partial charge in [0.2, 0.25) is 17.8 Å². The highest BCUT2D eigenvalue weighted by molar-refractivity contribution is 6.33. The monoisotopic (exact) mass is 539 g/mol. The second kappa shape index (κ2) is 13.3. The molecule has 1 aromatic heterocycles. The molecule has 200 valence electrons. The van der Waals surface area contributed by atoms with Crippen molar-refractivity contribution in [1.29, 1.82) is 0 Å². The zero-order valence-corrected chi connectivity index (χ0v) is 22.1. The van der Waals surface area contributed by atoms with Crippen LogP contribution in [0.25, 0.3) is 0 Å². The van der Waals surface area contributed by atoms with Crippen molar-refractivity contribution < 1.29 is 19.1 Å². The van der Waals surface area contributed by atoms with Crippen LogP contribution in [0.5, 0.6) is 11.5 Å².